The number of ether oxygens (including phenoxy) is 1. The monoisotopic (exact) mass is 277 g/mol. The van der Waals surface area contributed by atoms with Crippen LogP contribution in [0.15, 0.2) is 22.7 Å². The van der Waals surface area contributed by atoms with Crippen LogP contribution in [0, 0.1) is 0 Å². The summed E-state index contributed by atoms with van der Waals surface area (Å²) in [6, 6.07) is 5.02. The summed E-state index contributed by atoms with van der Waals surface area (Å²) in [5.41, 5.74) is 0.691. The number of hydrogen-bond donors (Lipinski definition) is 1. The molecule has 1 aliphatic rings. The van der Waals surface area contributed by atoms with Gasteiger partial charge in [-0.05, 0) is 18.2 Å². The lowest BCUT2D eigenvalue weighted by molar-refractivity contribution is 0.0392. The zero-order valence-electron chi connectivity index (χ0n) is 11.6. The van der Waals surface area contributed by atoms with E-state index in [1.165, 1.54) is 0 Å². The lowest BCUT2D eigenvalue weighted by Gasteiger charge is -2.28. The van der Waals surface area contributed by atoms with E-state index in [-0.39, 0.29) is 5.75 Å². The lowest BCUT2D eigenvalue weighted by Crippen LogP contribution is -2.40. The minimum Gasteiger partial charge on any atom is -0.508 e. The van der Waals surface area contributed by atoms with Gasteiger partial charge in [0, 0.05) is 33.2 Å². The van der Waals surface area contributed by atoms with Gasteiger partial charge in [0.05, 0.1) is 18.6 Å². The second kappa shape index (κ2) is 5.68. The molecule has 0 radical (unpaired) electrons. The number of aromatic nitrogens is 1. The third-order valence-electron chi connectivity index (χ3n) is 3.65. The van der Waals surface area contributed by atoms with Crippen molar-refractivity contribution in [3.8, 4) is 5.75 Å². The van der Waals surface area contributed by atoms with Gasteiger partial charge in [-0.1, -0.05) is 5.16 Å². The number of rotatable bonds is 4. The first kappa shape index (κ1) is 13.2. The Morgan fingerprint density at radius 1 is 1.35 bits per heavy atom. The van der Waals surface area contributed by atoms with E-state index in [1.54, 1.807) is 18.2 Å². The van der Waals surface area contributed by atoms with Gasteiger partial charge in [-0.2, -0.15) is 0 Å². The highest BCUT2D eigenvalue weighted by Gasteiger charge is 2.15. The molecule has 1 aromatic heterocycles. The van der Waals surface area contributed by atoms with Crippen molar-refractivity contribution in [1.29, 1.82) is 0 Å². The maximum absolute atomic E-state index is 9.58. The SMILES string of the molecule is CN(CCN1CCOCC1)c1noc2ccc(O)cc12. The molecule has 0 bridgehead atoms. The largest absolute Gasteiger partial charge is 0.508 e. The number of hydrogen-bond acceptors (Lipinski definition) is 6. The number of aromatic hydroxyl groups is 1. The zero-order valence-corrected chi connectivity index (χ0v) is 11.6. The zero-order chi connectivity index (χ0) is 13.9. The Morgan fingerprint density at radius 3 is 2.95 bits per heavy atom. The van der Waals surface area contributed by atoms with Crippen molar-refractivity contribution < 1.29 is 14.4 Å². The Balaban J connectivity index is 1.68. The summed E-state index contributed by atoms with van der Waals surface area (Å²) in [5, 5.41) is 14.5. The van der Waals surface area contributed by atoms with E-state index in [9.17, 15) is 5.11 Å². The highest BCUT2D eigenvalue weighted by atomic mass is 16.5. The smallest absolute Gasteiger partial charge is 0.179 e. The van der Waals surface area contributed by atoms with E-state index >= 15 is 0 Å². The second-order valence-electron chi connectivity index (χ2n) is 5.06. The molecule has 0 saturated carbocycles. The molecular formula is C14H19N3O3. The van der Waals surface area contributed by atoms with Crippen molar-refractivity contribution in [1.82, 2.24) is 10.1 Å². The average molecular weight is 277 g/mol. The number of nitrogens with zero attached hydrogens (tertiary/aromatic N) is 3. The minimum absolute atomic E-state index is 0.225. The Bertz CT molecular complexity index is 578. The number of morpholine rings is 1. The average Bonchev–Trinajstić information content (AvgIpc) is 2.89. The highest BCUT2D eigenvalue weighted by molar-refractivity contribution is 5.89. The van der Waals surface area contributed by atoms with Gasteiger partial charge in [0.2, 0.25) is 0 Å². The molecule has 2 heterocycles. The molecule has 6 heteroatoms. The van der Waals surface area contributed by atoms with Crippen LogP contribution in [-0.2, 0) is 4.74 Å². The fourth-order valence-corrected chi connectivity index (χ4v) is 2.41. The number of phenolic OH excluding ortho intramolecular Hbond substituents is 1. The summed E-state index contributed by atoms with van der Waals surface area (Å²) < 4.78 is 10.6. The third-order valence-corrected chi connectivity index (χ3v) is 3.65. The molecule has 20 heavy (non-hydrogen) atoms. The maximum atomic E-state index is 9.58. The summed E-state index contributed by atoms with van der Waals surface area (Å²) in [6.45, 7) is 5.40. The van der Waals surface area contributed by atoms with Crippen molar-refractivity contribution in [2.45, 2.75) is 0 Å². The van der Waals surface area contributed by atoms with Crippen LogP contribution >= 0.6 is 0 Å². The Morgan fingerprint density at radius 2 is 2.15 bits per heavy atom. The van der Waals surface area contributed by atoms with Crippen molar-refractivity contribution in [2.75, 3.05) is 51.3 Å². The van der Waals surface area contributed by atoms with E-state index in [0.29, 0.717) is 5.58 Å². The van der Waals surface area contributed by atoms with E-state index in [1.807, 2.05) is 7.05 Å². The Labute approximate surface area is 117 Å². The molecule has 2 aromatic rings. The van der Waals surface area contributed by atoms with Gasteiger partial charge in [0.15, 0.2) is 11.4 Å². The molecule has 1 N–H and O–H groups in total. The number of anilines is 1. The van der Waals surface area contributed by atoms with Crippen LogP contribution in [0.25, 0.3) is 11.0 Å². The molecule has 6 nitrogen and oxygen atoms in total. The van der Waals surface area contributed by atoms with Gasteiger partial charge in [-0.3, -0.25) is 4.90 Å². The van der Waals surface area contributed by atoms with Gasteiger partial charge >= 0.3 is 0 Å². The Hall–Kier alpha value is -1.79. The van der Waals surface area contributed by atoms with E-state index in [2.05, 4.69) is 15.0 Å². The van der Waals surface area contributed by atoms with Gasteiger partial charge in [0.25, 0.3) is 0 Å². The van der Waals surface area contributed by atoms with Crippen molar-refractivity contribution in [3.63, 3.8) is 0 Å². The standard InChI is InChI=1S/C14H19N3O3/c1-16(4-5-17-6-8-19-9-7-17)14-12-10-11(18)2-3-13(12)20-15-14/h2-3,10,18H,4-9H2,1H3. The lowest BCUT2D eigenvalue weighted by atomic mass is 10.2. The number of fused-ring (bicyclic) bond motifs is 1. The van der Waals surface area contributed by atoms with E-state index in [4.69, 9.17) is 9.26 Å². The minimum atomic E-state index is 0.225. The van der Waals surface area contributed by atoms with Crippen LogP contribution in [0.5, 0.6) is 5.75 Å². The molecule has 1 aromatic carbocycles. The van der Waals surface area contributed by atoms with Crippen LogP contribution in [0.1, 0.15) is 0 Å². The molecule has 3 rings (SSSR count). The number of likely N-dealkylation sites (N-methyl/N-ethyl adjacent to an activating group) is 1. The summed E-state index contributed by atoms with van der Waals surface area (Å²) in [7, 11) is 1.99. The molecule has 0 atom stereocenters. The molecule has 1 fully saturated rings. The quantitative estimate of drug-likeness (QED) is 0.909. The third kappa shape index (κ3) is 2.71. The van der Waals surface area contributed by atoms with E-state index in [0.717, 1.165) is 50.6 Å². The fourth-order valence-electron chi connectivity index (χ4n) is 2.41. The number of benzene rings is 1. The van der Waals surface area contributed by atoms with Crippen LogP contribution in [0.2, 0.25) is 0 Å². The van der Waals surface area contributed by atoms with Crippen LogP contribution in [-0.4, -0.2) is 61.6 Å². The molecule has 0 spiro atoms. The first-order valence-electron chi connectivity index (χ1n) is 6.84. The highest BCUT2D eigenvalue weighted by Crippen LogP contribution is 2.28. The van der Waals surface area contributed by atoms with Gasteiger partial charge in [-0.15, -0.1) is 0 Å². The predicted octanol–water partition coefficient (Wildman–Crippen LogP) is 1.30. The first-order chi connectivity index (χ1) is 9.74. The summed E-state index contributed by atoms with van der Waals surface area (Å²) >= 11 is 0. The van der Waals surface area contributed by atoms with Gasteiger partial charge in [0.1, 0.15) is 5.75 Å². The Kier molecular flexibility index (Phi) is 3.75. The summed E-state index contributed by atoms with van der Waals surface area (Å²) in [5.74, 6) is 0.993. The van der Waals surface area contributed by atoms with Gasteiger partial charge in [-0.25, -0.2) is 0 Å². The normalized spacial score (nSPS) is 16.6. The second-order valence-corrected chi connectivity index (χ2v) is 5.06. The molecular weight excluding hydrogens is 258 g/mol. The maximum Gasteiger partial charge on any atom is 0.179 e. The summed E-state index contributed by atoms with van der Waals surface area (Å²) in [6.07, 6.45) is 0. The molecule has 0 unspecified atom stereocenters. The molecule has 0 aliphatic carbocycles. The topological polar surface area (TPSA) is 62.0 Å². The van der Waals surface area contributed by atoms with Crippen LogP contribution in [0.3, 0.4) is 0 Å². The number of phenols is 1. The van der Waals surface area contributed by atoms with Crippen molar-refractivity contribution >= 4 is 16.8 Å². The van der Waals surface area contributed by atoms with E-state index < -0.39 is 0 Å². The first-order valence-corrected chi connectivity index (χ1v) is 6.84. The van der Waals surface area contributed by atoms with Crippen LogP contribution in [0.4, 0.5) is 5.82 Å². The molecule has 108 valence electrons. The molecule has 0 amide bonds. The van der Waals surface area contributed by atoms with Crippen LogP contribution < -0.4 is 4.90 Å². The summed E-state index contributed by atoms with van der Waals surface area (Å²) in [4.78, 5) is 4.43. The van der Waals surface area contributed by atoms with Crippen molar-refractivity contribution in [3.05, 3.63) is 18.2 Å². The fraction of sp³-hybridized carbons (Fsp3) is 0.500. The predicted molar refractivity (Wildman–Crippen MR) is 76.2 cm³/mol. The molecule has 1 aliphatic heterocycles. The van der Waals surface area contributed by atoms with Gasteiger partial charge < -0.3 is 19.3 Å². The molecule has 1 saturated heterocycles. The van der Waals surface area contributed by atoms with Crippen molar-refractivity contribution in [2.24, 2.45) is 0 Å².